The SMILES string of the molecule is c1ccc(-c2ccc(-c3cc4oc5c(-c6nc(-c7ccccc7)nc(-c7ccccc7)n6)cccc5c4c4ccccc34)cc2)cc1. The van der Waals surface area contributed by atoms with Gasteiger partial charge in [0.15, 0.2) is 17.5 Å². The van der Waals surface area contributed by atoms with Gasteiger partial charge in [-0.15, -0.1) is 0 Å². The molecule has 220 valence electrons. The third kappa shape index (κ3) is 4.75. The van der Waals surface area contributed by atoms with Crippen LogP contribution in [0.4, 0.5) is 0 Å². The van der Waals surface area contributed by atoms with Gasteiger partial charge in [0, 0.05) is 21.9 Å². The van der Waals surface area contributed by atoms with E-state index in [1.54, 1.807) is 0 Å². The first-order valence-electron chi connectivity index (χ1n) is 15.7. The zero-order valence-electron chi connectivity index (χ0n) is 25.3. The van der Waals surface area contributed by atoms with Gasteiger partial charge in [-0.2, -0.15) is 0 Å². The maximum absolute atomic E-state index is 6.79. The summed E-state index contributed by atoms with van der Waals surface area (Å²) in [7, 11) is 0. The Hall–Kier alpha value is -6.39. The van der Waals surface area contributed by atoms with Crippen LogP contribution >= 0.6 is 0 Å². The Morgan fingerprint density at radius 2 is 0.830 bits per heavy atom. The summed E-state index contributed by atoms with van der Waals surface area (Å²) >= 11 is 0. The molecule has 2 aromatic heterocycles. The fourth-order valence-corrected chi connectivity index (χ4v) is 6.48. The van der Waals surface area contributed by atoms with Crippen molar-refractivity contribution < 1.29 is 4.42 Å². The van der Waals surface area contributed by atoms with Crippen molar-refractivity contribution >= 4 is 32.7 Å². The molecule has 0 aliphatic carbocycles. The number of fused-ring (bicyclic) bond motifs is 5. The molecule has 0 bridgehead atoms. The van der Waals surface area contributed by atoms with Crippen LogP contribution in [0, 0.1) is 0 Å². The normalized spacial score (nSPS) is 11.4. The van der Waals surface area contributed by atoms with Crippen LogP contribution in [0.3, 0.4) is 0 Å². The third-order valence-electron chi connectivity index (χ3n) is 8.75. The lowest BCUT2D eigenvalue weighted by molar-refractivity contribution is 0.670. The van der Waals surface area contributed by atoms with Crippen molar-refractivity contribution in [1.29, 1.82) is 0 Å². The van der Waals surface area contributed by atoms with E-state index >= 15 is 0 Å². The quantitative estimate of drug-likeness (QED) is 0.197. The van der Waals surface area contributed by atoms with E-state index in [2.05, 4.69) is 91.0 Å². The minimum Gasteiger partial charge on any atom is -0.455 e. The molecule has 0 unspecified atom stereocenters. The van der Waals surface area contributed by atoms with E-state index in [4.69, 9.17) is 19.4 Å². The molecule has 0 N–H and O–H groups in total. The molecule has 0 atom stereocenters. The highest BCUT2D eigenvalue weighted by molar-refractivity contribution is 6.23. The van der Waals surface area contributed by atoms with Gasteiger partial charge in [-0.25, -0.2) is 15.0 Å². The van der Waals surface area contributed by atoms with Crippen LogP contribution in [0.25, 0.3) is 89.1 Å². The number of furan rings is 1. The second-order valence-electron chi connectivity index (χ2n) is 11.6. The number of hydrogen-bond donors (Lipinski definition) is 0. The van der Waals surface area contributed by atoms with Crippen LogP contribution in [0.5, 0.6) is 0 Å². The minimum atomic E-state index is 0.573. The molecule has 0 fully saturated rings. The number of benzene rings is 7. The second kappa shape index (κ2) is 11.2. The summed E-state index contributed by atoms with van der Waals surface area (Å²) in [4.78, 5) is 14.9. The molecule has 0 saturated heterocycles. The first-order chi connectivity index (χ1) is 23.3. The largest absolute Gasteiger partial charge is 0.455 e. The molecule has 0 aliphatic heterocycles. The molecular formula is C43H27N3O. The summed E-state index contributed by atoms with van der Waals surface area (Å²) in [5.74, 6) is 1.81. The number of rotatable bonds is 5. The van der Waals surface area contributed by atoms with Crippen molar-refractivity contribution in [3.8, 4) is 56.4 Å². The first kappa shape index (κ1) is 27.0. The van der Waals surface area contributed by atoms with Crippen molar-refractivity contribution in [2.24, 2.45) is 0 Å². The number of nitrogens with zero attached hydrogens (tertiary/aromatic N) is 3. The molecule has 2 heterocycles. The van der Waals surface area contributed by atoms with Crippen LogP contribution < -0.4 is 0 Å². The van der Waals surface area contributed by atoms with E-state index in [-0.39, 0.29) is 0 Å². The lowest BCUT2D eigenvalue weighted by atomic mass is 9.93. The van der Waals surface area contributed by atoms with Gasteiger partial charge in [-0.05, 0) is 45.2 Å². The van der Waals surface area contributed by atoms with Crippen molar-refractivity contribution in [3.05, 3.63) is 164 Å². The van der Waals surface area contributed by atoms with Gasteiger partial charge in [-0.3, -0.25) is 0 Å². The summed E-state index contributed by atoms with van der Waals surface area (Å²) in [6, 6.07) is 56.3. The predicted octanol–water partition coefficient (Wildman–Crippen LogP) is 11.3. The Kier molecular flexibility index (Phi) is 6.43. The average Bonchev–Trinajstić information content (AvgIpc) is 3.54. The van der Waals surface area contributed by atoms with Gasteiger partial charge in [0.25, 0.3) is 0 Å². The monoisotopic (exact) mass is 601 g/mol. The Balaban J connectivity index is 1.25. The maximum atomic E-state index is 6.79. The molecule has 4 nitrogen and oxygen atoms in total. The smallest absolute Gasteiger partial charge is 0.167 e. The minimum absolute atomic E-state index is 0.573. The second-order valence-corrected chi connectivity index (χ2v) is 11.6. The highest BCUT2D eigenvalue weighted by Crippen LogP contribution is 2.42. The van der Waals surface area contributed by atoms with Crippen molar-refractivity contribution in [1.82, 2.24) is 15.0 Å². The van der Waals surface area contributed by atoms with E-state index in [9.17, 15) is 0 Å². The zero-order chi connectivity index (χ0) is 31.2. The Morgan fingerprint density at radius 3 is 1.47 bits per heavy atom. The highest BCUT2D eigenvalue weighted by atomic mass is 16.3. The van der Waals surface area contributed by atoms with Crippen LogP contribution in [0.15, 0.2) is 168 Å². The topological polar surface area (TPSA) is 51.8 Å². The Morgan fingerprint density at radius 1 is 0.340 bits per heavy atom. The van der Waals surface area contributed by atoms with Gasteiger partial charge in [-0.1, -0.05) is 152 Å². The van der Waals surface area contributed by atoms with Crippen molar-refractivity contribution in [2.75, 3.05) is 0 Å². The Bertz CT molecular complexity index is 2480. The van der Waals surface area contributed by atoms with Gasteiger partial charge < -0.3 is 4.42 Å². The predicted molar refractivity (Wildman–Crippen MR) is 192 cm³/mol. The fourth-order valence-electron chi connectivity index (χ4n) is 6.48. The van der Waals surface area contributed by atoms with E-state index in [0.717, 1.165) is 55.1 Å². The summed E-state index contributed by atoms with van der Waals surface area (Å²) in [5.41, 5.74) is 8.93. The van der Waals surface area contributed by atoms with E-state index in [1.807, 2.05) is 72.8 Å². The third-order valence-corrected chi connectivity index (χ3v) is 8.75. The molecule has 9 aromatic rings. The molecule has 47 heavy (non-hydrogen) atoms. The highest BCUT2D eigenvalue weighted by Gasteiger charge is 2.20. The number of aromatic nitrogens is 3. The van der Waals surface area contributed by atoms with E-state index < -0.39 is 0 Å². The van der Waals surface area contributed by atoms with Crippen molar-refractivity contribution in [3.63, 3.8) is 0 Å². The van der Waals surface area contributed by atoms with Crippen LogP contribution in [-0.4, -0.2) is 15.0 Å². The van der Waals surface area contributed by atoms with Gasteiger partial charge in [0.2, 0.25) is 0 Å². The fraction of sp³-hybridized carbons (Fsp3) is 0. The average molecular weight is 602 g/mol. The summed E-state index contributed by atoms with van der Waals surface area (Å²) < 4.78 is 6.79. The van der Waals surface area contributed by atoms with Crippen LogP contribution in [0.2, 0.25) is 0 Å². The van der Waals surface area contributed by atoms with Crippen LogP contribution in [-0.2, 0) is 0 Å². The summed E-state index contributed by atoms with van der Waals surface area (Å²) in [5, 5.41) is 4.44. The molecule has 0 saturated carbocycles. The summed E-state index contributed by atoms with van der Waals surface area (Å²) in [6.07, 6.45) is 0. The van der Waals surface area contributed by atoms with Gasteiger partial charge in [0.1, 0.15) is 11.2 Å². The van der Waals surface area contributed by atoms with Crippen LogP contribution in [0.1, 0.15) is 0 Å². The lowest BCUT2D eigenvalue weighted by Gasteiger charge is -2.10. The number of hydrogen-bond acceptors (Lipinski definition) is 4. The molecule has 9 rings (SSSR count). The van der Waals surface area contributed by atoms with E-state index in [0.29, 0.717) is 17.5 Å². The first-order valence-corrected chi connectivity index (χ1v) is 15.7. The van der Waals surface area contributed by atoms with Gasteiger partial charge >= 0.3 is 0 Å². The maximum Gasteiger partial charge on any atom is 0.167 e. The Labute approximate surface area is 271 Å². The summed E-state index contributed by atoms with van der Waals surface area (Å²) in [6.45, 7) is 0. The van der Waals surface area contributed by atoms with Crippen molar-refractivity contribution in [2.45, 2.75) is 0 Å². The molecule has 4 heteroatoms. The lowest BCUT2D eigenvalue weighted by Crippen LogP contribution is -2.00. The number of para-hydroxylation sites is 1. The zero-order valence-corrected chi connectivity index (χ0v) is 25.3. The molecular weight excluding hydrogens is 574 g/mol. The van der Waals surface area contributed by atoms with E-state index in [1.165, 1.54) is 16.5 Å². The molecule has 0 aliphatic rings. The van der Waals surface area contributed by atoms with Gasteiger partial charge in [0.05, 0.1) is 5.56 Å². The molecule has 0 radical (unpaired) electrons. The standard InChI is InChI=1S/C43H27N3O/c1-4-13-28(14-5-1)29-23-25-30(26-24-29)37-27-38-39(34-20-11-10-19-33(34)37)35-21-12-22-36(40(35)47-38)43-45-41(31-15-6-2-7-16-31)44-42(46-43)32-17-8-3-9-18-32/h1-27H. The molecule has 0 amide bonds. The molecule has 7 aromatic carbocycles. The molecule has 0 spiro atoms.